The van der Waals surface area contributed by atoms with E-state index in [1.54, 1.807) is 31.4 Å². The lowest BCUT2D eigenvalue weighted by Gasteiger charge is -2.08. The zero-order valence-electron chi connectivity index (χ0n) is 12.1. The molecular weight excluding hydrogens is 270 g/mol. The van der Waals surface area contributed by atoms with Crippen LogP contribution in [0.2, 0.25) is 0 Å². The Morgan fingerprint density at radius 1 is 1.24 bits per heavy atom. The predicted molar refractivity (Wildman–Crippen MR) is 80.4 cm³/mol. The fourth-order valence-electron chi connectivity index (χ4n) is 1.80. The molecule has 0 spiro atoms. The summed E-state index contributed by atoms with van der Waals surface area (Å²) in [5.41, 5.74) is 1.26. The molecule has 3 amide bonds. The van der Waals surface area contributed by atoms with Crippen molar-refractivity contribution in [1.29, 1.82) is 0 Å². The summed E-state index contributed by atoms with van der Waals surface area (Å²) in [6.07, 6.45) is 2.90. The van der Waals surface area contributed by atoms with Crippen molar-refractivity contribution in [2.75, 3.05) is 25.6 Å². The van der Waals surface area contributed by atoms with Crippen LogP contribution >= 0.6 is 0 Å². The van der Waals surface area contributed by atoms with Gasteiger partial charge in [0.15, 0.2) is 0 Å². The van der Waals surface area contributed by atoms with Gasteiger partial charge in [-0.25, -0.2) is 4.79 Å². The Labute approximate surface area is 124 Å². The van der Waals surface area contributed by atoms with Gasteiger partial charge in [-0.15, -0.1) is 0 Å². The number of methoxy groups -OCH3 is 1. The highest BCUT2D eigenvalue weighted by molar-refractivity contribution is 5.95. The summed E-state index contributed by atoms with van der Waals surface area (Å²) in [7, 11) is 1.63. The van der Waals surface area contributed by atoms with Crippen molar-refractivity contribution in [3.63, 3.8) is 0 Å². The number of carbonyl (C=O) groups is 2. The first-order valence-corrected chi connectivity index (χ1v) is 7.14. The average molecular weight is 291 g/mol. The second-order valence-electron chi connectivity index (χ2n) is 5.05. The van der Waals surface area contributed by atoms with E-state index >= 15 is 0 Å². The highest BCUT2D eigenvalue weighted by Crippen LogP contribution is 2.19. The minimum atomic E-state index is -0.263. The molecule has 114 valence electrons. The minimum Gasteiger partial charge on any atom is -0.385 e. The SMILES string of the molecule is COCCCNC(=O)Nc1ccc(C(=O)NC2CC2)cc1. The predicted octanol–water partition coefficient (Wildman–Crippen LogP) is 1.74. The van der Waals surface area contributed by atoms with Crippen molar-refractivity contribution in [2.45, 2.75) is 25.3 Å². The Hall–Kier alpha value is -2.08. The molecule has 0 aromatic heterocycles. The first-order chi connectivity index (χ1) is 10.2. The van der Waals surface area contributed by atoms with Crippen molar-refractivity contribution in [3.05, 3.63) is 29.8 Å². The molecule has 1 aromatic carbocycles. The lowest BCUT2D eigenvalue weighted by atomic mass is 10.2. The van der Waals surface area contributed by atoms with Crippen LogP contribution in [0.15, 0.2) is 24.3 Å². The van der Waals surface area contributed by atoms with Gasteiger partial charge in [0.2, 0.25) is 0 Å². The van der Waals surface area contributed by atoms with Crippen LogP contribution in [0.4, 0.5) is 10.5 Å². The maximum Gasteiger partial charge on any atom is 0.319 e. The van der Waals surface area contributed by atoms with Gasteiger partial charge in [0.1, 0.15) is 0 Å². The topological polar surface area (TPSA) is 79.5 Å². The molecule has 1 aliphatic rings. The number of amides is 3. The molecule has 0 atom stereocenters. The smallest absolute Gasteiger partial charge is 0.319 e. The third-order valence-corrected chi connectivity index (χ3v) is 3.13. The summed E-state index contributed by atoms with van der Waals surface area (Å²) in [4.78, 5) is 23.4. The number of benzene rings is 1. The number of urea groups is 1. The molecule has 0 bridgehead atoms. The number of nitrogens with one attached hydrogen (secondary N) is 3. The van der Waals surface area contributed by atoms with Crippen LogP contribution in [0.3, 0.4) is 0 Å². The molecule has 0 unspecified atom stereocenters. The third kappa shape index (κ3) is 5.43. The van der Waals surface area contributed by atoms with E-state index < -0.39 is 0 Å². The Morgan fingerprint density at radius 2 is 1.95 bits per heavy atom. The molecule has 0 saturated heterocycles. The summed E-state index contributed by atoms with van der Waals surface area (Å²) in [6, 6.07) is 6.93. The summed E-state index contributed by atoms with van der Waals surface area (Å²) in [5, 5.41) is 8.36. The molecule has 2 rings (SSSR count). The van der Waals surface area contributed by atoms with Gasteiger partial charge in [-0.05, 0) is 43.5 Å². The van der Waals surface area contributed by atoms with Crippen LogP contribution < -0.4 is 16.0 Å². The van der Waals surface area contributed by atoms with Crippen LogP contribution in [-0.4, -0.2) is 38.2 Å². The normalized spacial score (nSPS) is 13.6. The van der Waals surface area contributed by atoms with E-state index in [4.69, 9.17) is 4.74 Å². The van der Waals surface area contributed by atoms with Gasteiger partial charge >= 0.3 is 6.03 Å². The maximum absolute atomic E-state index is 11.8. The molecule has 1 aromatic rings. The van der Waals surface area contributed by atoms with E-state index in [9.17, 15) is 9.59 Å². The van der Waals surface area contributed by atoms with Gasteiger partial charge in [0.25, 0.3) is 5.91 Å². The number of carbonyl (C=O) groups excluding carboxylic acids is 2. The van der Waals surface area contributed by atoms with E-state index in [-0.39, 0.29) is 11.9 Å². The van der Waals surface area contributed by atoms with Gasteiger partial charge in [-0.1, -0.05) is 0 Å². The lowest BCUT2D eigenvalue weighted by Crippen LogP contribution is -2.30. The van der Waals surface area contributed by atoms with Gasteiger partial charge in [-0.2, -0.15) is 0 Å². The van der Waals surface area contributed by atoms with E-state index in [0.717, 1.165) is 19.3 Å². The van der Waals surface area contributed by atoms with Crippen LogP contribution in [0.5, 0.6) is 0 Å². The fraction of sp³-hybridized carbons (Fsp3) is 0.467. The Morgan fingerprint density at radius 3 is 2.57 bits per heavy atom. The van der Waals surface area contributed by atoms with Crippen molar-refractivity contribution in [2.24, 2.45) is 0 Å². The van der Waals surface area contributed by atoms with Gasteiger partial charge < -0.3 is 20.7 Å². The Bertz CT molecular complexity index is 483. The standard InChI is InChI=1S/C15H21N3O3/c1-21-10-2-9-16-15(20)18-13-5-3-11(4-6-13)14(19)17-12-7-8-12/h3-6,12H,2,7-10H2,1H3,(H,17,19)(H2,16,18,20). The molecule has 1 aliphatic carbocycles. The van der Waals surface area contributed by atoms with E-state index in [0.29, 0.717) is 30.4 Å². The summed E-state index contributed by atoms with van der Waals surface area (Å²) >= 11 is 0. The summed E-state index contributed by atoms with van der Waals surface area (Å²) in [6.45, 7) is 1.17. The molecule has 21 heavy (non-hydrogen) atoms. The van der Waals surface area contributed by atoms with E-state index in [1.807, 2.05) is 0 Å². The van der Waals surface area contributed by atoms with Crippen molar-refractivity contribution < 1.29 is 14.3 Å². The van der Waals surface area contributed by atoms with Gasteiger partial charge in [-0.3, -0.25) is 4.79 Å². The number of hydrogen-bond acceptors (Lipinski definition) is 3. The number of rotatable bonds is 7. The largest absolute Gasteiger partial charge is 0.385 e. The quantitative estimate of drug-likeness (QED) is 0.669. The van der Waals surface area contributed by atoms with Crippen molar-refractivity contribution in [1.82, 2.24) is 10.6 Å². The Balaban J connectivity index is 1.75. The molecule has 3 N–H and O–H groups in total. The van der Waals surface area contributed by atoms with Gasteiger partial charge in [0, 0.05) is 37.6 Å². The summed E-state index contributed by atoms with van der Waals surface area (Å²) in [5.74, 6) is -0.0620. The zero-order chi connectivity index (χ0) is 15.1. The van der Waals surface area contributed by atoms with Crippen LogP contribution in [0.25, 0.3) is 0 Å². The van der Waals surface area contributed by atoms with Crippen LogP contribution in [0.1, 0.15) is 29.6 Å². The first-order valence-electron chi connectivity index (χ1n) is 7.14. The fourth-order valence-corrected chi connectivity index (χ4v) is 1.80. The lowest BCUT2D eigenvalue weighted by molar-refractivity contribution is 0.0951. The minimum absolute atomic E-state index is 0.0620. The van der Waals surface area contributed by atoms with Crippen LogP contribution in [-0.2, 0) is 4.74 Å². The second-order valence-corrected chi connectivity index (χ2v) is 5.05. The highest BCUT2D eigenvalue weighted by atomic mass is 16.5. The van der Waals surface area contributed by atoms with Crippen molar-refractivity contribution >= 4 is 17.6 Å². The monoisotopic (exact) mass is 291 g/mol. The third-order valence-electron chi connectivity index (χ3n) is 3.13. The number of anilines is 1. The van der Waals surface area contributed by atoms with Crippen molar-refractivity contribution in [3.8, 4) is 0 Å². The average Bonchev–Trinajstić information content (AvgIpc) is 3.28. The molecule has 0 heterocycles. The van der Waals surface area contributed by atoms with Crippen LogP contribution in [0, 0.1) is 0 Å². The molecule has 6 nitrogen and oxygen atoms in total. The molecule has 6 heteroatoms. The number of ether oxygens (including phenoxy) is 1. The maximum atomic E-state index is 11.8. The molecule has 1 fully saturated rings. The summed E-state index contributed by atoms with van der Waals surface area (Å²) < 4.78 is 4.90. The van der Waals surface area contributed by atoms with E-state index in [2.05, 4.69) is 16.0 Å². The highest BCUT2D eigenvalue weighted by Gasteiger charge is 2.23. The molecular formula is C15H21N3O3. The molecule has 1 saturated carbocycles. The zero-order valence-corrected chi connectivity index (χ0v) is 12.1. The van der Waals surface area contributed by atoms with Gasteiger partial charge in [0.05, 0.1) is 0 Å². The molecule has 0 radical (unpaired) electrons. The Kier molecular flexibility index (Phi) is 5.57. The number of hydrogen-bond donors (Lipinski definition) is 3. The second kappa shape index (κ2) is 7.64. The van der Waals surface area contributed by atoms with E-state index in [1.165, 1.54) is 0 Å². The molecule has 0 aliphatic heterocycles. The first kappa shape index (κ1) is 15.3.